The second-order valence-corrected chi connectivity index (χ2v) is 10.9. The lowest BCUT2D eigenvalue weighted by Crippen LogP contribution is -2.44. The van der Waals surface area contributed by atoms with Crippen LogP contribution in [0.1, 0.15) is 18.5 Å². The molecule has 162 valence electrons. The zero-order valence-corrected chi connectivity index (χ0v) is 19.1. The smallest absolute Gasteiger partial charge is 0.252 e. The van der Waals surface area contributed by atoms with Gasteiger partial charge >= 0.3 is 0 Å². The molecule has 31 heavy (non-hydrogen) atoms. The molecule has 0 radical (unpaired) electrons. The predicted molar refractivity (Wildman–Crippen MR) is 123 cm³/mol. The van der Waals surface area contributed by atoms with Gasteiger partial charge in [-0.1, -0.05) is 23.7 Å². The number of benzene rings is 1. The van der Waals surface area contributed by atoms with Crippen LogP contribution in [0.25, 0.3) is 0 Å². The number of halogens is 1. The minimum absolute atomic E-state index is 0.0267. The molecule has 1 fully saturated rings. The Hall–Kier alpha value is -2.26. The Bertz CT molecular complexity index is 1110. The highest BCUT2D eigenvalue weighted by Gasteiger charge is 2.34. The molecule has 0 bridgehead atoms. The number of anilines is 1. The lowest BCUT2D eigenvalue weighted by atomic mass is 9.96. The van der Waals surface area contributed by atoms with Crippen LogP contribution in [0.4, 0.5) is 5.69 Å². The zero-order valence-electron chi connectivity index (χ0n) is 16.7. The highest BCUT2D eigenvalue weighted by Crippen LogP contribution is 2.29. The standard InChI is InChI=1S/C22H22ClN3O3S2/c23-18-6-8-20(9-7-18)26(16-19-4-1-2-12-24-19)22(27)17-10-13-25(14-11-17)31(28,29)21-5-3-15-30-21/h1-9,12,15,17H,10-11,13-14,16H2. The van der Waals surface area contributed by atoms with Crippen molar-refractivity contribution < 1.29 is 13.2 Å². The van der Waals surface area contributed by atoms with E-state index in [1.165, 1.54) is 15.6 Å². The van der Waals surface area contributed by atoms with E-state index >= 15 is 0 Å². The number of sulfonamides is 1. The molecule has 0 aliphatic carbocycles. The molecule has 1 amide bonds. The van der Waals surface area contributed by atoms with Crippen LogP contribution in [-0.2, 0) is 21.4 Å². The molecule has 0 saturated carbocycles. The second kappa shape index (κ2) is 9.48. The molecular formula is C22H22ClN3O3S2. The van der Waals surface area contributed by atoms with Crippen molar-refractivity contribution >= 4 is 44.6 Å². The number of carbonyl (C=O) groups excluding carboxylic acids is 1. The lowest BCUT2D eigenvalue weighted by molar-refractivity contribution is -0.123. The highest BCUT2D eigenvalue weighted by molar-refractivity contribution is 7.91. The quantitative estimate of drug-likeness (QED) is 0.528. The summed E-state index contributed by atoms with van der Waals surface area (Å²) in [6.07, 6.45) is 2.67. The number of nitrogens with zero attached hydrogens (tertiary/aromatic N) is 3. The van der Waals surface area contributed by atoms with Gasteiger partial charge in [0.05, 0.1) is 12.2 Å². The molecule has 1 aliphatic rings. The van der Waals surface area contributed by atoms with Crippen LogP contribution in [0.3, 0.4) is 0 Å². The first-order valence-corrected chi connectivity index (χ1v) is 12.7. The summed E-state index contributed by atoms with van der Waals surface area (Å²) < 4.78 is 27.4. The minimum atomic E-state index is -3.49. The Balaban J connectivity index is 1.50. The molecule has 1 aromatic carbocycles. The maximum Gasteiger partial charge on any atom is 0.252 e. The third-order valence-corrected chi connectivity index (χ3v) is 8.87. The Morgan fingerprint density at radius 1 is 1.10 bits per heavy atom. The van der Waals surface area contributed by atoms with E-state index in [-0.39, 0.29) is 11.8 Å². The van der Waals surface area contributed by atoms with E-state index in [2.05, 4.69) is 4.98 Å². The van der Waals surface area contributed by atoms with E-state index < -0.39 is 10.0 Å². The molecule has 3 aromatic rings. The van der Waals surface area contributed by atoms with Crippen molar-refractivity contribution in [3.63, 3.8) is 0 Å². The van der Waals surface area contributed by atoms with E-state index in [1.54, 1.807) is 40.7 Å². The van der Waals surface area contributed by atoms with Crippen LogP contribution in [0.2, 0.25) is 5.02 Å². The van der Waals surface area contributed by atoms with E-state index in [9.17, 15) is 13.2 Å². The van der Waals surface area contributed by atoms with Crippen molar-refractivity contribution in [1.29, 1.82) is 0 Å². The summed E-state index contributed by atoms with van der Waals surface area (Å²) >= 11 is 7.24. The van der Waals surface area contributed by atoms with Crippen LogP contribution < -0.4 is 4.90 Å². The first kappa shape index (κ1) is 22.0. The van der Waals surface area contributed by atoms with Gasteiger partial charge in [0.2, 0.25) is 5.91 Å². The molecule has 6 nitrogen and oxygen atoms in total. The number of rotatable bonds is 6. The number of thiophene rings is 1. The first-order valence-electron chi connectivity index (χ1n) is 9.95. The average molecular weight is 476 g/mol. The molecule has 2 aromatic heterocycles. The van der Waals surface area contributed by atoms with Gasteiger partial charge in [0.25, 0.3) is 10.0 Å². The normalized spacial score (nSPS) is 15.6. The molecular weight excluding hydrogens is 454 g/mol. The van der Waals surface area contributed by atoms with Crippen LogP contribution >= 0.6 is 22.9 Å². The Kier molecular flexibility index (Phi) is 6.71. The van der Waals surface area contributed by atoms with E-state index in [0.29, 0.717) is 41.7 Å². The second-order valence-electron chi connectivity index (χ2n) is 7.33. The van der Waals surface area contributed by atoms with Crippen molar-refractivity contribution in [2.45, 2.75) is 23.6 Å². The van der Waals surface area contributed by atoms with Crippen LogP contribution in [0.5, 0.6) is 0 Å². The SMILES string of the molecule is O=C(C1CCN(S(=O)(=O)c2cccs2)CC1)N(Cc1ccccn1)c1ccc(Cl)cc1. The van der Waals surface area contributed by atoms with E-state index in [4.69, 9.17) is 11.6 Å². The minimum Gasteiger partial charge on any atom is -0.306 e. The molecule has 0 N–H and O–H groups in total. The van der Waals surface area contributed by atoms with Gasteiger partial charge in [0, 0.05) is 35.9 Å². The van der Waals surface area contributed by atoms with Crippen molar-refractivity contribution in [2.24, 2.45) is 5.92 Å². The molecule has 4 rings (SSSR count). The maximum atomic E-state index is 13.5. The number of hydrogen-bond acceptors (Lipinski definition) is 5. The summed E-state index contributed by atoms with van der Waals surface area (Å²) in [5.41, 5.74) is 1.53. The number of aromatic nitrogens is 1. The summed E-state index contributed by atoms with van der Waals surface area (Å²) in [5.74, 6) is -0.282. The average Bonchev–Trinajstić information content (AvgIpc) is 3.35. The fourth-order valence-corrected chi connectivity index (χ4v) is 6.41. The van der Waals surface area contributed by atoms with E-state index in [0.717, 1.165) is 11.4 Å². The van der Waals surface area contributed by atoms with Gasteiger partial charge < -0.3 is 4.90 Å². The highest BCUT2D eigenvalue weighted by atomic mass is 35.5. The van der Waals surface area contributed by atoms with Gasteiger partial charge in [-0.2, -0.15) is 4.31 Å². The van der Waals surface area contributed by atoms with Gasteiger partial charge in [-0.3, -0.25) is 9.78 Å². The maximum absolute atomic E-state index is 13.5. The fraction of sp³-hybridized carbons (Fsp3) is 0.273. The number of amides is 1. The van der Waals surface area contributed by atoms with Crippen LogP contribution in [0.15, 0.2) is 70.4 Å². The zero-order chi connectivity index (χ0) is 21.8. The van der Waals surface area contributed by atoms with Gasteiger partial charge in [0.1, 0.15) is 4.21 Å². The number of carbonyl (C=O) groups is 1. The number of hydrogen-bond donors (Lipinski definition) is 0. The Morgan fingerprint density at radius 3 is 2.45 bits per heavy atom. The van der Waals surface area contributed by atoms with E-state index in [1.807, 2.05) is 30.3 Å². The molecule has 0 unspecified atom stereocenters. The van der Waals surface area contributed by atoms with Gasteiger partial charge in [-0.05, 0) is 60.7 Å². The van der Waals surface area contributed by atoms with Gasteiger partial charge in [-0.15, -0.1) is 11.3 Å². The Morgan fingerprint density at radius 2 is 1.84 bits per heavy atom. The molecule has 1 aliphatic heterocycles. The third kappa shape index (κ3) is 4.98. The first-order chi connectivity index (χ1) is 14.9. The molecule has 0 atom stereocenters. The number of piperidine rings is 1. The van der Waals surface area contributed by atoms with Gasteiger partial charge in [-0.25, -0.2) is 8.42 Å². The summed E-state index contributed by atoms with van der Waals surface area (Å²) in [6, 6.07) is 16.1. The summed E-state index contributed by atoms with van der Waals surface area (Å²) in [5, 5.41) is 2.35. The van der Waals surface area contributed by atoms with Crippen LogP contribution in [0, 0.1) is 5.92 Å². The largest absolute Gasteiger partial charge is 0.306 e. The van der Waals surface area contributed by atoms with Crippen molar-refractivity contribution in [3.8, 4) is 0 Å². The molecule has 1 saturated heterocycles. The monoisotopic (exact) mass is 475 g/mol. The lowest BCUT2D eigenvalue weighted by Gasteiger charge is -2.33. The van der Waals surface area contributed by atoms with Crippen LogP contribution in [-0.4, -0.2) is 36.7 Å². The molecule has 0 spiro atoms. The number of pyridine rings is 1. The van der Waals surface area contributed by atoms with Crippen molar-refractivity contribution in [2.75, 3.05) is 18.0 Å². The summed E-state index contributed by atoms with van der Waals surface area (Å²) in [6.45, 7) is 0.998. The molecule has 3 heterocycles. The van der Waals surface area contributed by atoms with Crippen molar-refractivity contribution in [1.82, 2.24) is 9.29 Å². The van der Waals surface area contributed by atoms with Gasteiger partial charge in [0.15, 0.2) is 0 Å². The third-order valence-electron chi connectivity index (χ3n) is 5.34. The predicted octanol–water partition coefficient (Wildman–Crippen LogP) is 4.43. The molecule has 9 heteroatoms. The fourth-order valence-electron chi connectivity index (χ4n) is 3.67. The Labute approximate surface area is 191 Å². The van der Waals surface area contributed by atoms with Crippen molar-refractivity contribution in [3.05, 3.63) is 76.9 Å². The topological polar surface area (TPSA) is 70.6 Å². The summed E-state index contributed by atoms with van der Waals surface area (Å²) in [4.78, 5) is 19.5. The summed E-state index contributed by atoms with van der Waals surface area (Å²) in [7, 11) is -3.49.